The number of halogens is 3. The van der Waals surface area contributed by atoms with E-state index in [1.165, 1.54) is 36.7 Å². The molecular formula is C23H20F3N5O4. The summed E-state index contributed by atoms with van der Waals surface area (Å²) >= 11 is 0. The van der Waals surface area contributed by atoms with Crippen molar-refractivity contribution in [3.63, 3.8) is 0 Å². The number of carbonyl (C=O) groups is 1. The first kappa shape index (κ1) is 24.1. The van der Waals surface area contributed by atoms with Gasteiger partial charge in [-0.3, -0.25) is 9.78 Å². The number of alkyl halides is 3. The zero-order valence-corrected chi connectivity index (χ0v) is 18.3. The molecule has 9 nitrogen and oxygen atoms in total. The summed E-state index contributed by atoms with van der Waals surface area (Å²) in [5.41, 5.74) is -0.557. The van der Waals surface area contributed by atoms with Gasteiger partial charge >= 0.3 is 6.18 Å². The van der Waals surface area contributed by atoms with Crippen LogP contribution < -0.4 is 10.1 Å². The molecule has 0 aliphatic heterocycles. The molecule has 1 aromatic carbocycles. The first-order valence-electron chi connectivity index (χ1n) is 10.4. The number of carbonyl (C=O) groups excluding carboxylic acids is 1. The summed E-state index contributed by atoms with van der Waals surface area (Å²) in [7, 11) is 0. The van der Waals surface area contributed by atoms with Gasteiger partial charge in [-0.15, -0.1) is 0 Å². The van der Waals surface area contributed by atoms with Crippen molar-refractivity contribution in [3.8, 4) is 17.0 Å². The van der Waals surface area contributed by atoms with E-state index in [2.05, 4.69) is 20.4 Å². The number of fused-ring (bicyclic) bond motifs is 1. The Morgan fingerprint density at radius 2 is 1.91 bits per heavy atom. The lowest BCUT2D eigenvalue weighted by atomic mass is 10.0. The quantitative estimate of drug-likeness (QED) is 0.366. The molecule has 0 unspecified atom stereocenters. The molecule has 1 amide bonds. The van der Waals surface area contributed by atoms with Gasteiger partial charge < -0.3 is 20.3 Å². The molecule has 12 heteroatoms. The molecular weight excluding hydrogens is 467 g/mol. The molecule has 1 atom stereocenters. The first-order chi connectivity index (χ1) is 16.7. The summed E-state index contributed by atoms with van der Waals surface area (Å²) in [6, 6.07) is 9.26. The molecule has 0 spiro atoms. The molecule has 4 aromatic rings. The Morgan fingerprint density at radius 3 is 2.60 bits per heavy atom. The van der Waals surface area contributed by atoms with Crippen molar-refractivity contribution in [3.05, 3.63) is 71.8 Å². The summed E-state index contributed by atoms with van der Waals surface area (Å²) in [6.07, 6.45) is -2.92. The molecule has 3 aromatic heterocycles. The van der Waals surface area contributed by atoms with Crippen molar-refractivity contribution in [2.24, 2.45) is 0 Å². The number of aryl methyl sites for hydroxylation is 1. The SMILES string of the molecule is Cc1nc2c(OC[C@H](O)CO)cc(-c3ccccc3C(F)(F)F)nn2c1C(=O)Nc1ccncc1. The van der Waals surface area contributed by atoms with Gasteiger partial charge in [-0.25, -0.2) is 9.50 Å². The summed E-state index contributed by atoms with van der Waals surface area (Å²) in [4.78, 5) is 21.3. The van der Waals surface area contributed by atoms with Gasteiger partial charge in [-0.2, -0.15) is 18.3 Å². The lowest BCUT2D eigenvalue weighted by molar-refractivity contribution is -0.137. The second kappa shape index (κ2) is 9.68. The number of amides is 1. The minimum absolute atomic E-state index is 0.0179. The Kier molecular flexibility index (Phi) is 6.67. The predicted octanol–water partition coefficient (Wildman–Crippen LogP) is 3.10. The smallest absolute Gasteiger partial charge is 0.417 e. The maximum absolute atomic E-state index is 13.7. The fraction of sp³-hybridized carbons (Fsp3) is 0.217. The number of aliphatic hydroxyl groups excluding tert-OH is 2. The average Bonchev–Trinajstić information content (AvgIpc) is 3.18. The summed E-state index contributed by atoms with van der Waals surface area (Å²) in [5, 5.41) is 25.8. The number of benzene rings is 1. The van der Waals surface area contributed by atoms with E-state index in [0.29, 0.717) is 5.69 Å². The molecule has 182 valence electrons. The van der Waals surface area contributed by atoms with E-state index in [0.717, 1.165) is 10.6 Å². The van der Waals surface area contributed by atoms with Crippen LogP contribution in [0.2, 0.25) is 0 Å². The molecule has 0 radical (unpaired) electrons. The average molecular weight is 487 g/mol. The Labute approximate surface area is 196 Å². The predicted molar refractivity (Wildman–Crippen MR) is 119 cm³/mol. The van der Waals surface area contributed by atoms with Gasteiger partial charge in [0, 0.05) is 29.7 Å². The van der Waals surface area contributed by atoms with Crippen molar-refractivity contribution in [1.82, 2.24) is 19.6 Å². The monoisotopic (exact) mass is 487 g/mol. The maximum Gasteiger partial charge on any atom is 0.417 e. The summed E-state index contributed by atoms with van der Waals surface area (Å²) < 4.78 is 47.8. The Bertz CT molecular complexity index is 1360. The topological polar surface area (TPSA) is 122 Å². The number of nitrogens with zero attached hydrogens (tertiary/aromatic N) is 4. The van der Waals surface area contributed by atoms with Crippen LogP contribution in [-0.2, 0) is 6.18 Å². The number of nitrogens with one attached hydrogen (secondary N) is 1. The summed E-state index contributed by atoms with van der Waals surface area (Å²) in [5.74, 6) is -0.623. The molecule has 0 aliphatic carbocycles. The standard InChI is InChI=1S/C23H20F3N5O4/c1-13-20(22(34)29-14-6-8-27-9-7-14)31-21(28-13)19(35-12-15(33)11-32)10-18(30-31)16-4-2-3-5-17(16)23(24,25)26/h2-10,15,32-33H,11-12H2,1H3,(H,27,29,34)/t15-/m1/s1. The van der Waals surface area contributed by atoms with Gasteiger partial charge in [0.1, 0.15) is 12.7 Å². The molecule has 0 saturated carbocycles. The van der Waals surface area contributed by atoms with E-state index in [-0.39, 0.29) is 40.6 Å². The Balaban J connectivity index is 1.89. The highest BCUT2D eigenvalue weighted by Crippen LogP contribution is 2.37. The Morgan fingerprint density at radius 1 is 1.20 bits per heavy atom. The van der Waals surface area contributed by atoms with Crippen LogP contribution in [0.25, 0.3) is 16.9 Å². The number of pyridine rings is 1. The van der Waals surface area contributed by atoms with E-state index >= 15 is 0 Å². The second-order valence-corrected chi connectivity index (χ2v) is 7.56. The number of hydrogen-bond acceptors (Lipinski definition) is 7. The van der Waals surface area contributed by atoms with Crippen molar-refractivity contribution in [1.29, 1.82) is 0 Å². The fourth-order valence-corrected chi connectivity index (χ4v) is 3.42. The second-order valence-electron chi connectivity index (χ2n) is 7.56. The third-order valence-electron chi connectivity index (χ3n) is 5.03. The van der Waals surface area contributed by atoms with Crippen LogP contribution in [0, 0.1) is 6.92 Å². The van der Waals surface area contributed by atoms with Gasteiger partial charge in [0.15, 0.2) is 17.1 Å². The molecule has 0 bridgehead atoms. The van der Waals surface area contributed by atoms with Crippen molar-refractivity contribution < 1.29 is 32.9 Å². The van der Waals surface area contributed by atoms with Crippen LogP contribution in [0.1, 0.15) is 21.7 Å². The van der Waals surface area contributed by atoms with Crippen LogP contribution in [0.3, 0.4) is 0 Å². The van der Waals surface area contributed by atoms with E-state index in [1.54, 1.807) is 19.1 Å². The number of anilines is 1. The van der Waals surface area contributed by atoms with Gasteiger partial charge in [0.2, 0.25) is 0 Å². The fourth-order valence-electron chi connectivity index (χ4n) is 3.42. The molecule has 35 heavy (non-hydrogen) atoms. The zero-order valence-electron chi connectivity index (χ0n) is 18.3. The van der Waals surface area contributed by atoms with Crippen LogP contribution in [0.15, 0.2) is 54.9 Å². The normalized spacial score (nSPS) is 12.5. The van der Waals surface area contributed by atoms with Crippen LogP contribution in [-0.4, -0.2) is 55.0 Å². The van der Waals surface area contributed by atoms with Crippen molar-refractivity contribution >= 4 is 17.2 Å². The van der Waals surface area contributed by atoms with Crippen molar-refractivity contribution in [2.45, 2.75) is 19.2 Å². The van der Waals surface area contributed by atoms with Crippen molar-refractivity contribution in [2.75, 3.05) is 18.5 Å². The number of rotatable bonds is 7. The van der Waals surface area contributed by atoms with E-state index in [9.17, 15) is 23.1 Å². The number of imidazole rings is 1. The molecule has 4 rings (SSSR count). The highest BCUT2D eigenvalue weighted by Gasteiger charge is 2.34. The van der Waals surface area contributed by atoms with Crippen LogP contribution >= 0.6 is 0 Å². The van der Waals surface area contributed by atoms with Gasteiger partial charge in [-0.05, 0) is 25.1 Å². The molecule has 0 saturated heterocycles. The molecule has 3 N–H and O–H groups in total. The van der Waals surface area contributed by atoms with Crippen LogP contribution in [0.4, 0.5) is 18.9 Å². The van der Waals surface area contributed by atoms with Gasteiger partial charge in [0.05, 0.1) is 23.6 Å². The Hall–Kier alpha value is -4.03. The largest absolute Gasteiger partial charge is 0.487 e. The lowest BCUT2D eigenvalue weighted by Crippen LogP contribution is -2.22. The maximum atomic E-state index is 13.7. The van der Waals surface area contributed by atoms with Gasteiger partial charge in [0.25, 0.3) is 5.91 Å². The third kappa shape index (κ3) is 5.08. The number of ether oxygens (including phenoxy) is 1. The van der Waals surface area contributed by atoms with E-state index in [1.807, 2.05) is 0 Å². The number of hydrogen-bond donors (Lipinski definition) is 3. The van der Waals surface area contributed by atoms with Gasteiger partial charge in [-0.1, -0.05) is 18.2 Å². The van der Waals surface area contributed by atoms with E-state index < -0.39 is 30.4 Å². The summed E-state index contributed by atoms with van der Waals surface area (Å²) in [6.45, 7) is 0.602. The lowest BCUT2D eigenvalue weighted by Gasteiger charge is -2.15. The molecule has 0 aliphatic rings. The highest BCUT2D eigenvalue weighted by molar-refractivity contribution is 6.04. The molecule has 3 heterocycles. The van der Waals surface area contributed by atoms with E-state index in [4.69, 9.17) is 9.84 Å². The minimum atomic E-state index is -4.66. The number of aromatic nitrogens is 4. The highest BCUT2D eigenvalue weighted by atomic mass is 19.4. The molecule has 0 fully saturated rings. The third-order valence-corrected chi connectivity index (χ3v) is 5.03. The zero-order chi connectivity index (χ0) is 25.2. The number of aliphatic hydroxyl groups is 2. The first-order valence-corrected chi connectivity index (χ1v) is 10.4. The minimum Gasteiger partial charge on any atom is -0.487 e. The van der Waals surface area contributed by atoms with Crippen LogP contribution in [0.5, 0.6) is 5.75 Å².